The Kier molecular flexibility index (Phi) is 4.02. The molecule has 1 aliphatic rings. The van der Waals surface area contributed by atoms with E-state index in [0.29, 0.717) is 25.1 Å². The molecule has 1 aliphatic carbocycles. The zero-order chi connectivity index (χ0) is 13.2. The summed E-state index contributed by atoms with van der Waals surface area (Å²) in [5, 5.41) is 12.1. The summed E-state index contributed by atoms with van der Waals surface area (Å²) in [4.78, 5) is 10.9. The molecule has 5 heteroatoms. The van der Waals surface area contributed by atoms with Crippen molar-refractivity contribution in [3.8, 4) is 0 Å². The van der Waals surface area contributed by atoms with Crippen LogP contribution in [0.1, 0.15) is 18.4 Å². The SMILES string of the molecule is O=C(O)C1(CNCCc2cc(Br)ccc2F)CC1. The number of aliphatic carboxylic acids is 1. The number of carbonyl (C=O) groups is 1. The predicted octanol–water partition coefficient (Wildman–Crippen LogP) is 2.59. The predicted molar refractivity (Wildman–Crippen MR) is 70.0 cm³/mol. The van der Waals surface area contributed by atoms with Crippen molar-refractivity contribution in [1.29, 1.82) is 0 Å². The van der Waals surface area contributed by atoms with Gasteiger partial charge in [-0.15, -0.1) is 0 Å². The summed E-state index contributed by atoms with van der Waals surface area (Å²) in [6, 6.07) is 4.84. The number of hydrogen-bond acceptors (Lipinski definition) is 2. The zero-order valence-corrected chi connectivity index (χ0v) is 11.5. The maximum atomic E-state index is 13.4. The lowest BCUT2D eigenvalue weighted by atomic mass is 10.1. The van der Waals surface area contributed by atoms with Crippen LogP contribution in [-0.2, 0) is 11.2 Å². The average Bonchev–Trinajstić information content (AvgIpc) is 3.10. The summed E-state index contributed by atoms with van der Waals surface area (Å²) in [5.41, 5.74) is 0.0764. The Morgan fingerprint density at radius 1 is 1.50 bits per heavy atom. The van der Waals surface area contributed by atoms with Crippen LogP contribution in [0.4, 0.5) is 4.39 Å². The fourth-order valence-electron chi connectivity index (χ4n) is 1.90. The third-order valence-corrected chi connectivity index (χ3v) is 3.84. The lowest BCUT2D eigenvalue weighted by Crippen LogP contribution is -2.31. The number of benzene rings is 1. The highest BCUT2D eigenvalue weighted by atomic mass is 79.9. The molecular weight excluding hydrogens is 301 g/mol. The lowest BCUT2D eigenvalue weighted by molar-refractivity contribution is -0.143. The van der Waals surface area contributed by atoms with Crippen LogP contribution in [0.25, 0.3) is 0 Å². The highest BCUT2D eigenvalue weighted by Gasteiger charge is 2.49. The Hall–Kier alpha value is -0.940. The van der Waals surface area contributed by atoms with Crippen LogP contribution in [0.2, 0.25) is 0 Å². The Morgan fingerprint density at radius 3 is 2.83 bits per heavy atom. The molecule has 0 aliphatic heterocycles. The van der Waals surface area contributed by atoms with Gasteiger partial charge in [0, 0.05) is 11.0 Å². The number of nitrogens with one attached hydrogen (secondary N) is 1. The van der Waals surface area contributed by atoms with Crippen molar-refractivity contribution < 1.29 is 14.3 Å². The summed E-state index contributed by atoms with van der Waals surface area (Å²) in [6.07, 6.45) is 2.03. The molecule has 1 fully saturated rings. The molecule has 0 amide bonds. The van der Waals surface area contributed by atoms with E-state index in [1.165, 1.54) is 6.07 Å². The van der Waals surface area contributed by atoms with E-state index in [0.717, 1.165) is 17.3 Å². The van der Waals surface area contributed by atoms with Gasteiger partial charge in [0.2, 0.25) is 0 Å². The van der Waals surface area contributed by atoms with Gasteiger partial charge in [0.1, 0.15) is 5.82 Å². The van der Waals surface area contributed by atoms with Gasteiger partial charge in [0.25, 0.3) is 0 Å². The lowest BCUT2D eigenvalue weighted by Gasteiger charge is -2.11. The normalized spacial score (nSPS) is 16.6. The fourth-order valence-corrected chi connectivity index (χ4v) is 2.31. The molecule has 0 heterocycles. The van der Waals surface area contributed by atoms with Gasteiger partial charge in [-0.2, -0.15) is 0 Å². The monoisotopic (exact) mass is 315 g/mol. The number of rotatable bonds is 6. The van der Waals surface area contributed by atoms with Gasteiger partial charge in [-0.3, -0.25) is 4.79 Å². The summed E-state index contributed by atoms with van der Waals surface area (Å²) in [5.74, 6) is -0.956. The molecule has 0 spiro atoms. The van der Waals surface area contributed by atoms with Gasteiger partial charge in [0.05, 0.1) is 5.41 Å². The highest BCUT2D eigenvalue weighted by Crippen LogP contribution is 2.45. The summed E-state index contributed by atoms with van der Waals surface area (Å²) in [7, 11) is 0. The molecule has 3 nitrogen and oxygen atoms in total. The second-order valence-electron chi connectivity index (χ2n) is 4.75. The van der Waals surface area contributed by atoms with E-state index in [2.05, 4.69) is 21.2 Å². The van der Waals surface area contributed by atoms with Gasteiger partial charge in [-0.05, 0) is 49.6 Å². The van der Waals surface area contributed by atoms with Crippen molar-refractivity contribution in [2.24, 2.45) is 5.41 Å². The molecule has 0 saturated heterocycles. The van der Waals surface area contributed by atoms with E-state index < -0.39 is 11.4 Å². The molecular formula is C13H15BrFNO2. The van der Waals surface area contributed by atoms with Crippen LogP contribution in [0.15, 0.2) is 22.7 Å². The van der Waals surface area contributed by atoms with Crippen LogP contribution >= 0.6 is 15.9 Å². The van der Waals surface area contributed by atoms with E-state index in [4.69, 9.17) is 5.11 Å². The van der Waals surface area contributed by atoms with E-state index in [1.807, 2.05) is 0 Å². The first-order valence-electron chi connectivity index (χ1n) is 5.92. The third kappa shape index (κ3) is 3.09. The Morgan fingerprint density at radius 2 is 2.22 bits per heavy atom. The van der Waals surface area contributed by atoms with Crippen LogP contribution < -0.4 is 5.32 Å². The molecule has 0 atom stereocenters. The van der Waals surface area contributed by atoms with Crippen molar-refractivity contribution in [2.45, 2.75) is 19.3 Å². The number of carboxylic acids is 1. The molecule has 0 bridgehead atoms. The van der Waals surface area contributed by atoms with Crippen molar-refractivity contribution in [3.05, 3.63) is 34.1 Å². The minimum absolute atomic E-state index is 0.223. The van der Waals surface area contributed by atoms with E-state index in [1.54, 1.807) is 12.1 Å². The minimum atomic E-state index is -0.733. The quantitative estimate of drug-likeness (QED) is 0.793. The van der Waals surface area contributed by atoms with Crippen molar-refractivity contribution in [3.63, 3.8) is 0 Å². The molecule has 1 saturated carbocycles. The summed E-state index contributed by atoms with van der Waals surface area (Å²) < 4.78 is 14.3. The Bertz CT molecular complexity index is 460. The van der Waals surface area contributed by atoms with Crippen molar-refractivity contribution >= 4 is 21.9 Å². The Labute approximate surface area is 114 Å². The van der Waals surface area contributed by atoms with Gasteiger partial charge >= 0.3 is 5.97 Å². The van der Waals surface area contributed by atoms with E-state index >= 15 is 0 Å². The highest BCUT2D eigenvalue weighted by molar-refractivity contribution is 9.10. The number of hydrogen-bond donors (Lipinski definition) is 2. The fraction of sp³-hybridized carbons (Fsp3) is 0.462. The minimum Gasteiger partial charge on any atom is -0.481 e. The smallest absolute Gasteiger partial charge is 0.310 e. The largest absolute Gasteiger partial charge is 0.481 e. The first-order valence-corrected chi connectivity index (χ1v) is 6.71. The van der Waals surface area contributed by atoms with Crippen LogP contribution in [0.5, 0.6) is 0 Å². The maximum absolute atomic E-state index is 13.4. The van der Waals surface area contributed by atoms with Crippen molar-refractivity contribution in [1.82, 2.24) is 5.32 Å². The molecule has 0 unspecified atom stereocenters. The van der Waals surface area contributed by atoms with Crippen LogP contribution in [-0.4, -0.2) is 24.2 Å². The number of halogens is 2. The molecule has 0 aromatic heterocycles. The Balaban J connectivity index is 1.79. The molecule has 2 N–H and O–H groups in total. The van der Waals surface area contributed by atoms with Crippen LogP contribution in [0.3, 0.4) is 0 Å². The first-order chi connectivity index (χ1) is 8.53. The van der Waals surface area contributed by atoms with Crippen molar-refractivity contribution in [2.75, 3.05) is 13.1 Å². The summed E-state index contributed by atoms with van der Waals surface area (Å²) in [6.45, 7) is 1.06. The zero-order valence-electron chi connectivity index (χ0n) is 9.88. The second-order valence-corrected chi connectivity index (χ2v) is 5.66. The molecule has 0 radical (unpaired) electrons. The standard InChI is InChI=1S/C13H15BrFNO2/c14-10-1-2-11(15)9(7-10)3-6-16-8-13(4-5-13)12(17)18/h1-2,7,16H,3-6,8H2,(H,17,18). The number of carboxylic acid groups (broad SMARTS) is 1. The van der Waals surface area contributed by atoms with Gasteiger partial charge in [-0.1, -0.05) is 15.9 Å². The van der Waals surface area contributed by atoms with Crippen LogP contribution in [0, 0.1) is 11.2 Å². The van der Waals surface area contributed by atoms with Gasteiger partial charge in [-0.25, -0.2) is 4.39 Å². The van der Waals surface area contributed by atoms with E-state index in [9.17, 15) is 9.18 Å². The topological polar surface area (TPSA) is 49.3 Å². The summed E-state index contributed by atoms with van der Waals surface area (Å²) >= 11 is 3.30. The molecule has 1 aromatic rings. The van der Waals surface area contributed by atoms with Gasteiger partial charge < -0.3 is 10.4 Å². The second kappa shape index (κ2) is 5.36. The molecule has 2 rings (SSSR count). The third-order valence-electron chi connectivity index (χ3n) is 3.35. The molecule has 1 aromatic carbocycles. The average molecular weight is 316 g/mol. The maximum Gasteiger partial charge on any atom is 0.310 e. The molecule has 98 valence electrons. The van der Waals surface area contributed by atoms with Gasteiger partial charge in [0.15, 0.2) is 0 Å². The first kappa shape index (κ1) is 13.5. The van der Waals surface area contributed by atoms with E-state index in [-0.39, 0.29) is 5.82 Å². The molecule has 18 heavy (non-hydrogen) atoms.